The number of hydrogen-bond donors (Lipinski definition) is 0. The van der Waals surface area contributed by atoms with Gasteiger partial charge in [0.15, 0.2) is 11.7 Å². The van der Waals surface area contributed by atoms with Gasteiger partial charge in [-0.15, -0.1) is 0 Å². The monoisotopic (exact) mass is 300 g/mol. The van der Waals surface area contributed by atoms with Crippen LogP contribution in [0.5, 0.6) is 0 Å². The second-order valence-electron chi connectivity index (χ2n) is 6.90. The molecule has 1 aliphatic heterocycles. The number of piperidine rings is 1. The Labute approximate surface area is 132 Å². The summed E-state index contributed by atoms with van der Waals surface area (Å²) in [7, 11) is 0. The molecule has 2 rings (SSSR count). The van der Waals surface area contributed by atoms with Gasteiger partial charge in [0, 0.05) is 13.0 Å². The molecular formula is C18H24N2O2. The Morgan fingerprint density at radius 1 is 1.32 bits per heavy atom. The molecule has 1 unspecified atom stereocenters. The molecule has 118 valence electrons. The largest absolute Gasteiger partial charge is 0.458 e. The van der Waals surface area contributed by atoms with Crippen LogP contribution in [-0.4, -0.2) is 28.6 Å². The van der Waals surface area contributed by atoms with Crippen molar-refractivity contribution in [2.24, 2.45) is 0 Å². The molecule has 1 aromatic rings. The normalized spacial score (nSPS) is 22.0. The van der Waals surface area contributed by atoms with Crippen LogP contribution in [0.1, 0.15) is 45.6 Å². The van der Waals surface area contributed by atoms with Crippen LogP contribution >= 0.6 is 0 Å². The van der Waals surface area contributed by atoms with E-state index in [0.29, 0.717) is 19.4 Å². The summed E-state index contributed by atoms with van der Waals surface area (Å²) in [6, 6.07) is 9.86. The van der Waals surface area contributed by atoms with E-state index in [1.807, 2.05) is 51.1 Å². The first-order valence-corrected chi connectivity index (χ1v) is 7.82. The number of benzene rings is 1. The molecule has 1 aliphatic rings. The summed E-state index contributed by atoms with van der Waals surface area (Å²) in [5.41, 5.74) is -0.378. The molecule has 1 aromatic carbocycles. The smallest absolute Gasteiger partial charge is 0.333 e. The van der Waals surface area contributed by atoms with Crippen molar-refractivity contribution < 1.29 is 9.53 Å². The molecule has 1 heterocycles. The minimum Gasteiger partial charge on any atom is -0.458 e. The van der Waals surface area contributed by atoms with E-state index in [2.05, 4.69) is 6.19 Å². The third-order valence-electron chi connectivity index (χ3n) is 3.98. The second kappa shape index (κ2) is 6.39. The minimum atomic E-state index is -0.873. The van der Waals surface area contributed by atoms with Crippen LogP contribution in [0.3, 0.4) is 0 Å². The quantitative estimate of drug-likeness (QED) is 0.635. The van der Waals surface area contributed by atoms with Gasteiger partial charge in [-0.3, -0.25) is 4.90 Å². The molecule has 0 spiro atoms. The van der Waals surface area contributed by atoms with Crippen LogP contribution in [0.4, 0.5) is 0 Å². The number of ether oxygens (including phenoxy) is 1. The lowest BCUT2D eigenvalue weighted by Gasteiger charge is -2.43. The molecule has 0 radical (unpaired) electrons. The highest BCUT2D eigenvalue weighted by Gasteiger charge is 2.48. The van der Waals surface area contributed by atoms with E-state index in [4.69, 9.17) is 4.74 Å². The molecule has 1 fully saturated rings. The number of carbonyl (C=O) groups is 1. The zero-order chi connectivity index (χ0) is 16.2. The Kier molecular flexibility index (Phi) is 4.75. The fraction of sp³-hybridized carbons (Fsp3) is 0.556. The summed E-state index contributed by atoms with van der Waals surface area (Å²) >= 11 is 0. The van der Waals surface area contributed by atoms with Gasteiger partial charge < -0.3 is 4.74 Å². The first-order chi connectivity index (χ1) is 10.4. The van der Waals surface area contributed by atoms with E-state index in [9.17, 15) is 10.1 Å². The first kappa shape index (κ1) is 16.4. The van der Waals surface area contributed by atoms with Crippen LogP contribution in [0.15, 0.2) is 30.3 Å². The van der Waals surface area contributed by atoms with Crippen molar-refractivity contribution in [2.45, 2.75) is 57.6 Å². The van der Waals surface area contributed by atoms with E-state index in [-0.39, 0.29) is 5.97 Å². The average Bonchev–Trinajstić information content (AvgIpc) is 2.47. The van der Waals surface area contributed by atoms with Crippen LogP contribution in [-0.2, 0) is 16.0 Å². The molecule has 22 heavy (non-hydrogen) atoms. The lowest BCUT2D eigenvalue weighted by atomic mass is 9.81. The molecule has 0 saturated carbocycles. The van der Waals surface area contributed by atoms with E-state index in [1.165, 1.54) is 0 Å². The molecule has 0 aromatic heterocycles. The highest BCUT2D eigenvalue weighted by Crippen LogP contribution is 2.33. The summed E-state index contributed by atoms with van der Waals surface area (Å²) < 4.78 is 5.65. The van der Waals surface area contributed by atoms with Crippen molar-refractivity contribution in [1.29, 1.82) is 5.26 Å². The molecule has 0 bridgehead atoms. The van der Waals surface area contributed by atoms with Crippen LogP contribution in [0.25, 0.3) is 0 Å². The second-order valence-corrected chi connectivity index (χ2v) is 6.90. The first-order valence-electron chi connectivity index (χ1n) is 7.82. The van der Waals surface area contributed by atoms with Gasteiger partial charge in [0.1, 0.15) is 5.60 Å². The Hall–Kier alpha value is -2.02. The Balaban J connectivity index is 2.35. The summed E-state index contributed by atoms with van der Waals surface area (Å²) in [4.78, 5) is 14.5. The van der Waals surface area contributed by atoms with Gasteiger partial charge in [-0.05, 0) is 45.6 Å². The zero-order valence-corrected chi connectivity index (χ0v) is 13.6. The summed E-state index contributed by atoms with van der Waals surface area (Å²) in [5, 5.41) is 9.52. The maximum Gasteiger partial charge on any atom is 0.333 e. The fourth-order valence-electron chi connectivity index (χ4n) is 2.96. The standard InChI is InChI=1S/C18H24N2O2/c1-17(2,3)22-16(21)18(11-7-8-12-20(18)14-19)13-15-9-5-4-6-10-15/h4-6,9-10H,7-8,11-13H2,1-3H3. The highest BCUT2D eigenvalue weighted by molar-refractivity contribution is 5.82. The minimum absolute atomic E-state index is 0.287. The average molecular weight is 300 g/mol. The number of rotatable bonds is 3. The molecule has 1 atom stereocenters. The van der Waals surface area contributed by atoms with Gasteiger partial charge in [-0.25, -0.2) is 4.79 Å². The van der Waals surface area contributed by atoms with Gasteiger partial charge in [-0.1, -0.05) is 30.3 Å². The van der Waals surface area contributed by atoms with Crippen molar-refractivity contribution in [3.05, 3.63) is 35.9 Å². The fourth-order valence-corrected chi connectivity index (χ4v) is 2.96. The Morgan fingerprint density at radius 3 is 2.59 bits per heavy atom. The number of esters is 1. The number of hydrogen-bond acceptors (Lipinski definition) is 4. The van der Waals surface area contributed by atoms with Crippen LogP contribution in [0, 0.1) is 11.5 Å². The third-order valence-corrected chi connectivity index (χ3v) is 3.98. The topological polar surface area (TPSA) is 53.3 Å². The summed E-state index contributed by atoms with van der Waals surface area (Å²) in [6.07, 6.45) is 5.25. The molecule has 0 N–H and O–H groups in total. The molecule has 4 nitrogen and oxygen atoms in total. The van der Waals surface area contributed by atoms with Crippen LogP contribution < -0.4 is 0 Å². The molecule has 0 aliphatic carbocycles. The summed E-state index contributed by atoms with van der Waals surface area (Å²) in [5.74, 6) is -0.287. The van der Waals surface area contributed by atoms with Gasteiger partial charge in [-0.2, -0.15) is 5.26 Å². The van der Waals surface area contributed by atoms with Crippen molar-refractivity contribution >= 4 is 5.97 Å². The van der Waals surface area contributed by atoms with Crippen molar-refractivity contribution in [2.75, 3.05) is 6.54 Å². The van der Waals surface area contributed by atoms with E-state index in [0.717, 1.165) is 18.4 Å². The Bertz CT molecular complexity index is 557. The third kappa shape index (κ3) is 3.59. The van der Waals surface area contributed by atoms with Crippen LogP contribution in [0.2, 0.25) is 0 Å². The lowest BCUT2D eigenvalue weighted by Crippen LogP contribution is -2.58. The van der Waals surface area contributed by atoms with E-state index in [1.54, 1.807) is 4.90 Å². The number of nitriles is 1. The predicted molar refractivity (Wildman–Crippen MR) is 84.9 cm³/mol. The van der Waals surface area contributed by atoms with Crippen molar-refractivity contribution in [3.8, 4) is 6.19 Å². The van der Waals surface area contributed by atoms with E-state index < -0.39 is 11.1 Å². The summed E-state index contributed by atoms with van der Waals surface area (Å²) in [6.45, 7) is 6.20. The zero-order valence-electron chi connectivity index (χ0n) is 13.6. The molecule has 0 amide bonds. The Morgan fingerprint density at radius 2 is 2.00 bits per heavy atom. The SMILES string of the molecule is CC(C)(C)OC(=O)C1(Cc2ccccc2)CCCCN1C#N. The number of likely N-dealkylation sites (tertiary alicyclic amines) is 1. The predicted octanol–water partition coefficient (Wildman–Crippen LogP) is 3.28. The maximum atomic E-state index is 12.9. The van der Waals surface area contributed by atoms with Gasteiger partial charge in [0.25, 0.3) is 0 Å². The highest BCUT2D eigenvalue weighted by atomic mass is 16.6. The molecule has 1 saturated heterocycles. The molecule has 4 heteroatoms. The van der Waals surface area contributed by atoms with Gasteiger partial charge >= 0.3 is 5.97 Å². The van der Waals surface area contributed by atoms with Gasteiger partial charge in [0.05, 0.1) is 0 Å². The lowest BCUT2D eigenvalue weighted by molar-refractivity contribution is -0.170. The number of carbonyl (C=O) groups excluding carboxylic acids is 1. The van der Waals surface area contributed by atoms with Crippen molar-refractivity contribution in [3.63, 3.8) is 0 Å². The van der Waals surface area contributed by atoms with Gasteiger partial charge in [0.2, 0.25) is 0 Å². The molecular weight excluding hydrogens is 276 g/mol. The maximum absolute atomic E-state index is 12.9. The number of nitrogens with zero attached hydrogens (tertiary/aromatic N) is 2. The van der Waals surface area contributed by atoms with Crippen molar-refractivity contribution in [1.82, 2.24) is 4.90 Å². The van der Waals surface area contributed by atoms with E-state index >= 15 is 0 Å².